The number of halogens is 1. The van der Waals surface area contributed by atoms with Crippen LogP contribution in [-0.2, 0) is 4.84 Å². The fourth-order valence-electron chi connectivity index (χ4n) is 0.272. The second kappa shape index (κ2) is 6.33. The van der Waals surface area contributed by atoms with Gasteiger partial charge in [-0.05, 0) is 27.7 Å². The second-order valence-corrected chi connectivity index (χ2v) is 2.44. The molecule has 3 heteroatoms. The van der Waals surface area contributed by atoms with Gasteiger partial charge in [0.2, 0.25) is 0 Å². The average Bonchev–Trinajstić information content (AvgIpc) is 1.61. The smallest absolute Gasteiger partial charge is 0.0734 e. The summed E-state index contributed by atoms with van der Waals surface area (Å²) in [7, 11) is 0. The lowest BCUT2D eigenvalue weighted by Crippen LogP contribution is -2.26. The molecular formula is C6H16ClNO. The molecule has 2 nitrogen and oxygen atoms in total. The maximum absolute atomic E-state index is 5.05. The third-order valence-corrected chi connectivity index (χ3v) is 0.539. The van der Waals surface area contributed by atoms with Gasteiger partial charge >= 0.3 is 0 Å². The lowest BCUT2D eigenvalue weighted by atomic mass is 10.4. The molecule has 0 heterocycles. The van der Waals surface area contributed by atoms with Gasteiger partial charge in [-0.3, -0.25) is 4.84 Å². The van der Waals surface area contributed by atoms with Crippen molar-refractivity contribution < 1.29 is 4.84 Å². The zero-order chi connectivity index (χ0) is 6.57. The molecular weight excluding hydrogens is 138 g/mol. The van der Waals surface area contributed by atoms with Crippen LogP contribution in [0.1, 0.15) is 27.7 Å². The summed E-state index contributed by atoms with van der Waals surface area (Å²) in [6, 6.07) is 0.414. The van der Waals surface area contributed by atoms with Gasteiger partial charge < -0.3 is 0 Å². The molecule has 0 aliphatic rings. The highest BCUT2D eigenvalue weighted by atomic mass is 35.5. The highest BCUT2D eigenvalue weighted by Gasteiger charge is 1.93. The van der Waals surface area contributed by atoms with Crippen LogP contribution in [0.4, 0.5) is 0 Å². The Labute approximate surface area is 63.3 Å². The maximum Gasteiger partial charge on any atom is 0.0734 e. The Hall–Kier alpha value is 0.210. The Bertz CT molecular complexity index is 49.0. The van der Waals surface area contributed by atoms with Gasteiger partial charge in [0.05, 0.1) is 6.10 Å². The fourth-order valence-corrected chi connectivity index (χ4v) is 0.272. The van der Waals surface area contributed by atoms with Gasteiger partial charge in [-0.1, -0.05) is 0 Å². The molecule has 0 fully saturated rings. The van der Waals surface area contributed by atoms with Crippen LogP contribution < -0.4 is 5.48 Å². The van der Waals surface area contributed by atoms with Crippen LogP contribution in [0.15, 0.2) is 0 Å². The first-order valence-corrected chi connectivity index (χ1v) is 3.04. The van der Waals surface area contributed by atoms with Crippen LogP contribution in [0.2, 0.25) is 0 Å². The van der Waals surface area contributed by atoms with E-state index in [-0.39, 0.29) is 18.5 Å². The Morgan fingerprint density at radius 2 is 1.56 bits per heavy atom. The van der Waals surface area contributed by atoms with Crippen molar-refractivity contribution in [2.45, 2.75) is 39.8 Å². The average molecular weight is 154 g/mol. The number of rotatable bonds is 3. The Balaban J connectivity index is 0. The molecule has 0 unspecified atom stereocenters. The summed E-state index contributed by atoms with van der Waals surface area (Å²) < 4.78 is 0. The quantitative estimate of drug-likeness (QED) is 0.624. The molecule has 0 aliphatic heterocycles. The molecule has 0 aromatic carbocycles. The lowest BCUT2D eigenvalue weighted by molar-refractivity contribution is -0.0192. The van der Waals surface area contributed by atoms with Gasteiger partial charge in [0.25, 0.3) is 0 Å². The summed E-state index contributed by atoms with van der Waals surface area (Å²) in [5.41, 5.74) is 2.84. The van der Waals surface area contributed by atoms with Gasteiger partial charge in [0, 0.05) is 6.04 Å². The molecule has 0 aliphatic carbocycles. The molecule has 0 bridgehead atoms. The van der Waals surface area contributed by atoms with E-state index in [4.69, 9.17) is 4.84 Å². The van der Waals surface area contributed by atoms with Crippen molar-refractivity contribution in [3.63, 3.8) is 0 Å². The van der Waals surface area contributed by atoms with E-state index in [1.165, 1.54) is 0 Å². The third kappa shape index (κ3) is 11.7. The normalized spacial score (nSPS) is 10.0. The zero-order valence-corrected chi connectivity index (χ0v) is 7.29. The summed E-state index contributed by atoms with van der Waals surface area (Å²) in [6.45, 7) is 8.08. The molecule has 58 valence electrons. The minimum Gasteiger partial charge on any atom is -0.299 e. The molecule has 0 saturated heterocycles. The minimum absolute atomic E-state index is 0. The summed E-state index contributed by atoms with van der Waals surface area (Å²) in [6.07, 6.45) is 0.275. The van der Waals surface area contributed by atoms with Crippen molar-refractivity contribution in [1.29, 1.82) is 0 Å². The van der Waals surface area contributed by atoms with E-state index in [0.717, 1.165) is 0 Å². The molecule has 0 saturated carbocycles. The van der Waals surface area contributed by atoms with Crippen LogP contribution in [0, 0.1) is 0 Å². The fraction of sp³-hybridized carbons (Fsp3) is 1.00. The van der Waals surface area contributed by atoms with Gasteiger partial charge in [-0.25, -0.2) is 0 Å². The Kier molecular flexibility index (Phi) is 8.40. The first kappa shape index (κ1) is 11.9. The van der Waals surface area contributed by atoms with Crippen LogP contribution in [0.25, 0.3) is 0 Å². The van der Waals surface area contributed by atoms with Crippen molar-refractivity contribution in [3.8, 4) is 0 Å². The van der Waals surface area contributed by atoms with E-state index in [9.17, 15) is 0 Å². The summed E-state index contributed by atoms with van der Waals surface area (Å²) in [5.74, 6) is 0. The van der Waals surface area contributed by atoms with Crippen LogP contribution in [0.5, 0.6) is 0 Å². The molecule has 0 aromatic rings. The van der Waals surface area contributed by atoms with E-state index in [0.29, 0.717) is 6.04 Å². The van der Waals surface area contributed by atoms with Gasteiger partial charge in [-0.2, -0.15) is 5.48 Å². The van der Waals surface area contributed by atoms with Gasteiger partial charge in [-0.15, -0.1) is 12.4 Å². The van der Waals surface area contributed by atoms with Gasteiger partial charge in [0.1, 0.15) is 0 Å². The highest BCUT2D eigenvalue weighted by Crippen LogP contribution is 1.84. The number of hydrogen-bond acceptors (Lipinski definition) is 2. The Morgan fingerprint density at radius 3 is 1.67 bits per heavy atom. The van der Waals surface area contributed by atoms with Crippen molar-refractivity contribution in [3.05, 3.63) is 0 Å². The molecule has 0 rings (SSSR count). The van der Waals surface area contributed by atoms with E-state index in [2.05, 4.69) is 5.48 Å². The molecule has 1 N–H and O–H groups in total. The first-order chi connectivity index (χ1) is 3.63. The predicted molar refractivity (Wildman–Crippen MR) is 41.7 cm³/mol. The second-order valence-electron chi connectivity index (χ2n) is 2.44. The van der Waals surface area contributed by atoms with E-state index >= 15 is 0 Å². The lowest BCUT2D eigenvalue weighted by Gasteiger charge is -2.10. The number of nitrogens with one attached hydrogen (secondary N) is 1. The van der Waals surface area contributed by atoms with Crippen molar-refractivity contribution >= 4 is 12.4 Å². The van der Waals surface area contributed by atoms with Crippen LogP contribution in [-0.4, -0.2) is 12.1 Å². The van der Waals surface area contributed by atoms with E-state index < -0.39 is 0 Å². The Morgan fingerprint density at radius 1 is 1.11 bits per heavy atom. The molecule has 0 aromatic heterocycles. The standard InChI is InChI=1S/C6H15NO.ClH/c1-5(2)7-8-6(3)4;/h5-7H,1-4H3;1H. The predicted octanol–water partition coefficient (Wildman–Crippen LogP) is 1.75. The number of hydrogen-bond donors (Lipinski definition) is 1. The largest absolute Gasteiger partial charge is 0.299 e. The molecule has 9 heavy (non-hydrogen) atoms. The van der Waals surface area contributed by atoms with Crippen molar-refractivity contribution in [2.24, 2.45) is 0 Å². The topological polar surface area (TPSA) is 21.3 Å². The van der Waals surface area contributed by atoms with Gasteiger partial charge in [0.15, 0.2) is 0 Å². The van der Waals surface area contributed by atoms with Crippen molar-refractivity contribution in [1.82, 2.24) is 5.48 Å². The minimum atomic E-state index is 0. The summed E-state index contributed by atoms with van der Waals surface area (Å²) in [4.78, 5) is 5.05. The van der Waals surface area contributed by atoms with E-state index in [1.54, 1.807) is 0 Å². The molecule has 0 radical (unpaired) electrons. The maximum atomic E-state index is 5.05. The number of hydroxylamine groups is 1. The molecule has 0 spiro atoms. The molecule has 0 amide bonds. The highest BCUT2D eigenvalue weighted by molar-refractivity contribution is 5.85. The van der Waals surface area contributed by atoms with Crippen LogP contribution in [0.3, 0.4) is 0 Å². The SMILES string of the molecule is CC(C)NOC(C)C.Cl. The van der Waals surface area contributed by atoms with Crippen molar-refractivity contribution in [2.75, 3.05) is 0 Å². The zero-order valence-electron chi connectivity index (χ0n) is 6.47. The first-order valence-electron chi connectivity index (χ1n) is 3.04. The monoisotopic (exact) mass is 153 g/mol. The van der Waals surface area contributed by atoms with E-state index in [1.807, 2.05) is 27.7 Å². The van der Waals surface area contributed by atoms with Crippen LogP contribution >= 0.6 is 12.4 Å². The third-order valence-electron chi connectivity index (χ3n) is 0.539. The molecule has 0 atom stereocenters. The summed E-state index contributed by atoms with van der Waals surface area (Å²) in [5, 5.41) is 0. The summed E-state index contributed by atoms with van der Waals surface area (Å²) >= 11 is 0.